The second-order valence-corrected chi connectivity index (χ2v) is 6.93. The molecule has 0 bridgehead atoms. The number of hydrogen-bond acceptors (Lipinski definition) is 3. The Morgan fingerprint density at radius 3 is 2.21 bits per heavy atom. The van der Waals surface area contributed by atoms with E-state index in [1.165, 1.54) is 0 Å². The number of para-hydroxylation sites is 1. The maximum absolute atomic E-state index is 8.41. The highest BCUT2D eigenvalue weighted by Gasteiger charge is 2.54. The molecule has 0 amide bonds. The Morgan fingerprint density at radius 2 is 1.54 bits per heavy atom. The van der Waals surface area contributed by atoms with E-state index in [0.29, 0.717) is 22.2 Å². The van der Waals surface area contributed by atoms with Crippen LogP contribution in [-0.2, 0) is 9.31 Å². The zero-order chi connectivity index (χ0) is 21.3. The van der Waals surface area contributed by atoms with Gasteiger partial charge < -0.3 is 13.7 Å². The van der Waals surface area contributed by atoms with Gasteiger partial charge in [0.1, 0.15) is 11.2 Å². The third-order valence-corrected chi connectivity index (χ3v) is 4.84. The van der Waals surface area contributed by atoms with Crippen molar-refractivity contribution in [2.24, 2.45) is 0 Å². The molecular formula is C20H21BO3. The molecule has 4 rings (SSSR count). The molecule has 2 aromatic carbocycles. The highest BCUT2D eigenvalue weighted by Crippen LogP contribution is 2.39. The molecule has 1 aromatic heterocycles. The quantitative estimate of drug-likeness (QED) is 0.655. The van der Waals surface area contributed by atoms with Gasteiger partial charge in [-0.25, -0.2) is 0 Å². The van der Waals surface area contributed by atoms with Crippen LogP contribution in [0.5, 0.6) is 0 Å². The van der Waals surface area contributed by atoms with Crippen LogP contribution < -0.4 is 5.66 Å². The van der Waals surface area contributed by atoms with Crippen molar-refractivity contribution >= 4 is 23.7 Å². The summed E-state index contributed by atoms with van der Waals surface area (Å²) in [5.74, 6) is 0. The van der Waals surface area contributed by atoms with E-state index in [4.69, 9.17) is 20.6 Å². The molecule has 0 N–H and O–H groups in total. The van der Waals surface area contributed by atoms with Crippen molar-refractivity contribution in [2.45, 2.75) is 38.9 Å². The Kier molecular flexibility index (Phi) is 2.34. The van der Waals surface area contributed by atoms with Crippen LogP contribution in [0.2, 0.25) is 0 Å². The molecule has 3 aromatic rings. The Balaban J connectivity index is 2.04. The average molecular weight is 325 g/mol. The highest BCUT2D eigenvalue weighted by molar-refractivity contribution is 6.63. The van der Waals surface area contributed by atoms with Crippen LogP contribution >= 0.6 is 0 Å². The van der Waals surface area contributed by atoms with Crippen molar-refractivity contribution < 1.29 is 20.6 Å². The Morgan fingerprint density at radius 1 is 0.917 bits per heavy atom. The molecule has 122 valence electrons. The molecule has 1 aliphatic rings. The first-order valence-corrected chi connectivity index (χ1v) is 7.90. The minimum Gasteiger partial charge on any atom is -0.464 e. The van der Waals surface area contributed by atoms with Gasteiger partial charge in [-0.1, -0.05) is 48.4 Å². The second kappa shape index (κ2) is 5.23. The molecule has 0 radical (unpaired) electrons. The van der Waals surface area contributed by atoms with Crippen LogP contribution in [-0.4, -0.2) is 18.3 Å². The molecule has 24 heavy (non-hydrogen) atoms. The lowest BCUT2D eigenvalue weighted by Crippen LogP contribution is -2.41. The lowest BCUT2D eigenvalue weighted by atomic mass is 9.80. The van der Waals surface area contributed by atoms with E-state index in [1.54, 1.807) is 12.1 Å². The first kappa shape index (κ1) is 10.8. The summed E-state index contributed by atoms with van der Waals surface area (Å²) in [5, 5.41) is 0.635. The normalized spacial score (nSPS) is 22.0. The van der Waals surface area contributed by atoms with Gasteiger partial charge in [-0.2, -0.15) is 0 Å². The van der Waals surface area contributed by atoms with Gasteiger partial charge in [0.15, 0.2) is 0 Å². The molecule has 1 saturated heterocycles. The number of rotatable bonds is 2. The predicted molar refractivity (Wildman–Crippen MR) is 97.4 cm³/mol. The predicted octanol–water partition coefficient (Wildman–Crippen LogP) is 4.40. The van der Waals surface area contributed by atoms with E-state index in [1.807, 2.05) is 39.8 Å². The fourth-order valence-electron chi connectivity index (χ4n) is 2.81. The standard InChI is InChI=1S/C20H21BO3/c1-19(2)20(3,4)24-21(23-19)18-17(14-10-6-5-7-11-14)15-12-8-9-13-16(15)22-18/h5-13H,1-4H3/i5D,6D,7D,10D,11D. The van der Waals surface area contributed by atoms with Crippen LogP contribution in [0.4, 0.5) is 0 Å². The van der Waals surface area contributed by atoms with Crippen molar-refractivity contribution in [3.05, 3.63) is 54.5 Å². The molecular weight excluding hydrogens is 299 g/mol. The van der Waals surface area contributed by atoms with E-state index in [0.717, 1.165) is 0 Å². The van der Waals surface area contributed by atoms with Crippen molar-refractivity contribution in [1.82, 2.24) is 0 Å². The Labute approximate surface area is 149 Å². The second-order valence-electron chi connectivity index (χ2n) is 6.93. The van der Waals surface area contributed by atoms with E-state index >= 15 is 0 Å². The largest absolute Gasteiger partial charge is 0.533 e. The molecule has 0 spiro atoms. The number of fused-ring (bicyclic) bond motifs is 1. The van der Waals surface area contributed by atoms with Crippen LogP contribution in [0.1, 0.15) is 34.5 Å². The van der Waals surface area contributed by atoms with Crippen LogP contribution in [0.15, 0.2) is 58.9 Å². The topological polar surface area (TPSA) is 31.6 Å². The maximum atomic E-state index is 8.41. The van der Waals surface area contributed by atoms with Gasteiger partial charge in [-0.3, -0.25) is 0 Å². The number of benzene rings is 2. The third kappa shape index (κ3) is 2.29. The SMILES string of the molecule is [2H]c1c([2H])c([2H])c(-c2c(B3OC(C)(C)C(C)(C)O3)oc3ccccc23)c([2H])c1[2H]. The molecule has 0 saturated carbocycles. The molecule has 2 heterocycles. The van der Waals surface area contributed by atoms with Gasteiger partial charge in [-0.05, 0) is 39.3 Å². The smallest absolute Gasteiger partial charge is 0.464 e. The van der Waals surface area contributed by atoms with E-state index in [9.17, 15) is 0 Å². The lowest BCUT2D eigenvalue weighted by molar-refractivity contribution is 0.00578. The minimum absolute atomic E-state index is 0.0747. The first-order chi connectivity index (χ1) is 13.5. The molecule has 0 aliphatic carbocycles. The monoisotopic (exact) mass is 325 g/mol. The van der Waals surface area contributed by atoms with Crippen LogP contribution in [0, 0.1) is 0 Å². The molecule has 3 nitrogen and oxygen atoms in total. The summed E-state index contributed by atoms with van der Waals surface area (Å²) in [6, 6.07) is 5.37. The van der Waals surface area contributed by atoms with Crippen LogP contribution in [0.3, 0.4) is 0 Å². The summed E-state index contributed by atoms with van der Waals surface area (Å²) < 4.78 is 59.1. The summed E-state index contributed by atoms with van der Waals surface area (Å²) in [5.41, 5.74) is 0.0608. The zero-order valence-electron chi connectivity index (χ0n) is 19.1. The van der Waals surface area contributed by atoms with Crippen molar-refractivity contribution in [3.63, 3.8) is 0 Å². The van der Waals surface area contributed by atoms with Crippen molar-refractivity contribution in [1.29, 1.82) is 0 Å². The third-order valence-electron chi connectivity index (χ3n) is 4.84. The fraction of sp³-hybridized carbons (Fsp3) is 0.300. The van der Waals surface area contributed by atoms with Gasteiger partial charge in [0.2, 0.25) is 0 Å². The van der Waals surface area contributed by atoms with E-state index in [-0.39, 0.29) is 17.6 Å². The van der Waals surface area contributed by atoms with E-state index in [2.05, 4.69) is 0 Å². The summed E-state index contributed by atoms with van der Waals surface area (Å²) in [6.45, 7) is 7.67. The van der Waals surface area contributed by atoms with Crippen molar-refractivity contribution in [2.75, 3.05) is 0 Å². The van der Waals surface area contributed by atoms with E-state index < -0.39 is 36.4 Å². The lowest BCUT2D eigenvalue weighted by Gasteiger charge is -2.32. The Hall–Kier alpha value is -2.04. The fourth-order valence-corrected chi connectivity index (χ4v) is 2.81. The van der Waals surface area contributed by atoms with Crippen LogP contribution in [0.25, 0.3) is 22.1 Å². The molecule has 1 aliphatic heterocycles. The van der Waals surface area contributed by atoms with Crippen molar-refractivity contribution in [3.8, 4) is 11.1 Å². The van der Waals surface area contributed by atoms with Gasteiger partial charge >= 0.3 is 7.12 Å². The Bertz CT molecular complexity index is 1090. The maximum Gasteiger partial charge on any atom is 0.533 e. The molecule has 4 heteroatoms. The summed E-state index contributed by atoms with van der Waals surface area (Å²) in [4.78, 5) is 0. The minimum atomic E-state index is -0.875. The molecule has 0 unspecified atom stereocenters. The number of hydrogen-bond donors (Lipinski definition) is 0. The van der Waals surface area contributed by atoms with Gasteiger partial charge in [0, 0.05) is 10.9 Å². The molecule has 0 atom stereocenters. The highest BCUT2D eigenvalue weighted by atomic mass is 16.7. The zero-order valence-corrected chi connectivity index (χ0v) is 14.1. The summed E-state index contributed by atoms with van der Waals surface area (Å²) in [7, 11) is -0.875. The first-order valence-electron chi connectivity index (χ1n) is 10.4. The van der Waals surface area contributed by atoms with Gasteiger partial charge in [-0.15, -0.1) is 0 Å². The average Bonchev–Trinajstić information content (AvgIpc) is 3.13. The van der Waals surface area contributed by atoms with Gasteiger partial charge in [0.25, 0.3) is 0 Å². The number of furan rings is 1. The summed E-state index contributed by atoms with van der Waals surface area (Å²) >= 11 is 0. The molecule has 1 fully saturated rings. The van der Waals surface area contributed by atoms with Gasteiger partial charge in [0.05, 0.1) is 18.1 Å². The summed E-state index contributed by atoms with van der Waals surface area (Å²) in [6.07, 6.45) is 0.